The molecule has 1 aliphatic rings. The molecule has 0 aliphatic carbocycles. The van der Waals surface area contributed by atoms with Gasteiger partial charge >= 0.3 is 6.18 Å². The first-order valence-electron chi connectivity index (χ1n) is 7.34. The standard InChI is InChI=1S/C15H12F3N5OS/c1-5-3-8(15(16,17)18)20-14-9(5)10-11(25-14)13(24)22-12(21-10)7-4-19-23-6(7)2/h3-4,12,21H,1-2H3,(H,19,23)(H,22,24). The lowest BCUT2D eigenvalue weighted by Gasteiger charge is -2.26. The Kier molecular flexibility index (Phi) is 3.29. The van der Waals surface area contributed by atoms with Crippen LogP contribution in [0.4, 0.5) is 18.9 Å². The van der Waals surface area contributed by atoms with Crippen LogP contribution in [0.5, 0.6) is 0 Å². The summed E-state index contributed by atoms with van der Waals surface area (Å²) in [4.78, 5) is 16.7. The molecule has 0 radical (unpaired) electrons. The molecule has 4 rings (SSSR count). The third kappa shape index (κ3) is 2.44. The summed E-state index contributed by atoms with van der Waals surface area (Å²) in [5.74, 6) is -0.352. The zero-order valence-electron chi connectivity index (χ0n) is 13.1. The fourth-order valence-electron chi connectivity index (χ4n) is 2.91. The first-order chi connectivity index (χ1) is 11.8. The van der Waals surface area contributed by atoms with E-state index in [2.05, 4.69) is 25.8 Å². The highest BCUT2D eigenvalue weighted by Crippen LogP contribution is 2.42. The quantitative estimate of drug-likeness (QED) is 0.615. The van der Waals surface area contributed by atoms with Crippen molar-refractivity contribution in [2.24, 2.45) is 0 Å². The number of alkyl halides is 3. The molecule has 0 saturated carbocycles. The Morgan fingerprint density at radius 3 is 2.64 bits per heavy atom. The van der Waals surface area contributed by atoms with Crippen LogP contribution < -0.4 is 10.6 Å². The lowest BCUT2D eigenvalue weighted by atomic mass is 10.1. The topological polar surface area (TPSA) is 82.7 Å². The summed E-state index contributed by atoms with van der Waals surface area (Å²) in [6, 6.07) is 1.00. The van der Waals surface area contributed by atoms with Gasteiger partial charge in [-0.2, -0.15) is 18.3 Å². The number of carbonyl (C=O) groups excluding carboxylic acids is 1. The van der Waals surface area contributed by atoms with E-state index in [0.717, 1.165) is 28.7 Å². The number of hydrogen-bond donors (Lipinski definition) is 3. The molecule has 3 aromatic heterocycles. The summed E-state index contributed by atoms with van der Waals surface area (Å²) in [5.41, 5.74) is 1.51. The predicted molar refractivity (Wildman–Crippen MR) is 86.5 cm³/mol. The second-order valence-electron chi connectivity index (χ2n) is 5.81. The minimum atomic E-state index is -4.53. The van der Waals surface area contributed by atoms with Gasteiger partial charge in [0.15, 0.2) is 0 Å². The monoisotopic (exact) mass is 367 g/mol. The smallest absolute Gasteiger partial charge is 0.360 e. The van der Waals surface area contributed by atoms with Gasteiger partial charge in [-0.05, 0) is 25.5 Å². The van der Waals surface area contributed by atoms with E-state index >= 15 is 0 Å². The minimum absolute atomic E-state index is 0.185. The fraction of sp³-hybridized carbons (Fsp3) is 0.267. The summed E-state index contributed by atoms with van der Waals surface area (Å²) in [7, 11) is 0. The largest absolute Gasteiger partial charge is 0.433 e. The number of nitrogens with one attached hydrogen (secondary N) is 3. The van der Waals surface area contributed by atoms with Crippen LogP contribution in [-0.2, 0) is 6.18 Å². The summed E-state index contributed by atoms with van der Waals surface area (Å²) in [6.45, 7) is 3.40. The molecule has 1 atom stereocenters. The molecular formula is C15H12F3N5OS. The lowest BCUT2D eigenvalue weighted by Crippen LogP contribution is -2.37. The second-order valence-corrected chi connectivity index (χ2v) is 6.81. The van der Waals surface area contributed by atoms with Crippen molar-refractivity contribution in [3.63, 3.8) is 0 Å². The van der Waals surface area contributed by atoms with Crippen LogP contribution in [0, 0.1) is 13.8 Å². The summed E-state index contributed by atoms with van der Waals surface area (Å²) >= 11 is 0.947. The molecule has 0 saturated heterocycles. The van der Waals surface area contributed by atoms with Gasteiger partial charge in [0.2, 0.25) is 0 Å². The van der Waals surface area contributed by atoms with Gasteiger partial charge in [0, 0.05) is 16.6 Å². The predicted octanol–water partition coefficient (Wildman–Crippen LogP) is 3.51. The van der Waals surface area contributed by atoms with Crippen molar-refractivity contribution in [2.45, 2.75) is 26.2 Å². The number of amides is 1. The Bertz CT molecular complexity index is 1010. The van der Waals surface area contributed by atoms with Gasteiger partial charge in [-0.1, -0.05) is 0 Å². The Balaban J connectivity index is 1.87. The average Bonchev–Trinajstić information content (AvgIpc) is 3.10. The summed E-state index contributed by atoms with van der Waals surface area (Å²) in [6.07, 6.45) is -3.45. The van der Waals surface area contributed by atoms with Crippen molar-refractivity contribution in [3.05, 3.63) is 39.7 Å². The molecule has 6 nitrogen and oxygen atoms in total. The summed E-state index contributed by atoms with van der Waals surface area (Å²) < 4.78 is 39.0. The van der Waals surface area contributed by atoms with Gasteiger partial charge in [-0.25, -0.2) is 4.98 Å². The number of pyridine rings is 1. The van der Waals surface area contributed by atoms with Crippen LogP contribution >= 0.6 is 11.3 Å². The third-order valence-corrected chi connectivity index (χ3v) is 5.18. The van der Waals surface area contributed by atoms with E-state index in [4.69, 9.17) is 0 Å². The van der Waals surface area contributed by atoms with Crippen molar-refractivity contribution in [2.75, 3.05) is 5.32 Å². The number of aromatic amines is 1. The number of H-pyrrole nitrogens is 1. The van der Waals surface area contributed by atoms with Crippen molar-refractivity contribution in [3.8, 4) is 0 Å². The Labute approximate surface area is 143 Å². The van der Waals surface area contributed by atoms with Gasteiger partial charge in [0.25, 0.3) is 5.91 Å². The summed E-state index contributed by atoms with van der Waals surface area (Å²) in [5, 5.41) is 13.2. The highest BCUT2D eigenvalue weighted by molar-refractivity contribution is 7.21. The third-order valence-electron chi connectivity index (χ3n) is 4.10. The normalized spacial score (nSPS) is 17.3. The molecule has 1 aliphatic heterocycles. The maximum atomic E-state index is 13.0. The van der Waals surface area contributed by atoms with E-state index in [1.165, 1.54) is 0 Å². The molecule has 1 unspecified atom stereocenters. The van der Waals surface area contributed by atoms with Crippen molar-refractivity contribution in [1.29, 1.82) is 0 Å². The van der Waals surface area contributed by atoms with Gasteiger partial charge in [-0.15, -0.1) is 11.3 Å². The van der Waals surface area contributed by atoms with Crippen LogP contribution in [0.25, 0.3) is 10.2 Å². The van der Waals surface area contributed by atoms with Gasteiger partial charge in [-0.3, -0.25) is 9.89 Å². The number of thiophene rings is 1. The van der Waals surface area contributed by atoms with Crippen LogP contribution in [-0.4, -0.2) is 21.1 Å². The number of hydrogen-bond acceptors (Lipinski definition) is 5. The molecule has 0 spiro atoms. The van der Waals surface area contributed by atoms with E-state index < -0.39 is 18.0 Å². The maximum Gasteiger partial charge on any atom is 0.433 e. The minimum Gasteiger partial charge on any atom is -0.360 e. The highest BCUT2D eigenvalue weighted by atomic mass is 32.1. The first-order valence-corrected chi connectivity index (χ1v) is 8.16. The number of aromatic nitrogens is 3. The van der Waals surface area contributed by atoms with Crippen molar-refractivity contribution < 1.29 is 18.0 Å². The molecule has 25 heavy (non-hydrogen) atoms. The lowest BCUT2D eigenvalue weighted by molar-refractivity contribution is -0.141. The number of aryl methyl sites for hydroxylation is 2. The van der Waals surface area contributed by atoms with E-state index in [1.807, 2.05) is 6.92 Å². The van der Waals surface area contributed by atoms with E-state index in [0.29, 0.717) is 21.5 Å². The molecule has 10 heteroatoms. The molecule has 130 valence electrons. The molecule has 1 amide bonds. The molecule has 0 fully saturated rings. The SMILES string of the molecule is Cc1[nH]ncc1C1NC(=O)c2sc3nc(C(F)(F)F)cc(C)c3c2N1. The van der Waals surface area contributed by atoms with Crippen LogP contribution in [0.3, 0.4) is 0 Å². The number of fused-ring (bicyclic) bond motifs is 3. The molecule has 0 aromatic carbocycles. The van der Waals surface area contributed by atoms with E-state index in [1.54, 1.807) is 13.1 Å². The fourth-order valence-corrected chi connectivity index (χ4v) is 4.03. The van der Waals surface area contributed by atoms with Gasteiger partial charge in [0.1, 0.15) is 21.6 Å². The molecule has 3 N–H and O–H groups in total. The molecule has 4 heterocycles. The number of halogens is 3. The maximum absolute atomic E-state index is 13.0. The number of carbonyl (C=O) groups is 1. The van der Waals surface area contributed by atoms with Crippen LogP contribution in [0.1, 0.15) is 38.4 Å². The molecular weight excluding hydrogens is 355 g/mol. The zero-order valence-corrected chi connectivity index (χ0v) is 13.9. The van der Waals surface area contributed by atoms with Gasteiger partial charge in [0.05, 0.1) is 11.9 Å². The van der Waals surface area contributed by atoms with Crippen molar-refractivity contribution in [1.82, 2.24) is 20.5 Å². The second kappa shape index (κ2) is 5.19. The number of nitrogens with zero attached hydrogens (tertiary/aromatic N) is 2. The van der Waals surface area contributed by atoms with E-state index in [9.17, 15) is 18.0 Å². The first kappa shape index (κ1) is 15.9. The van der Waals surface area contributed by atoms with Gasteiger partial charge < -0.3 is 10.6 Å². The Morgan fingerprint density at radius 1 is 1.24 bits per heavy atom. The van der Waals surface area contributed by atoms with Crippen LogP contribution in [0.2, 0.25) is 0 Å². The van der Waals surface area contributed by atoms with Crippen molar-refractivity contribution >= 4 is 33.1 Å². The van der Waals surface area contributed by atoms with E-state index in [-0.39, 0.29) is 10.7 Å². The molecule has 0 bridgehead atoms. The molecule has 3 aromatic rings. The van der Waals surface area contributed by atoms with Crippen LogP contribution in [0.15, 0.2) is 12.3 Å². The number of rotatable bonds is 1. The highest BCUT2D eigenvalue weighted by Gasteiger charge is 2.36. The average molecular weight is 367 g/mol. The Hall–Kier alpha value is -2.62. The Morgan fingerprint density at radius 2 is 2.00 bits per heavy atom. The number of anilines is 1. The zero-order chi connectivity index (χ0) is 17.9.